The van der Waals surface area contributed by atoms with Gasteiger partial charge in [-0.25, -0.2) is 8.42 Å². The molecule has 2 heterocycles. The second-order valence-electron chi connectivity index (χ2n) is 6.25. The highest BCUT2D eigenvalue weighted by atomic mass is 32.2. The zero-order chi connectivity index (χ0) is 18.7. The molecule has 136 valence electrons. The van der Waals surface area contributed by atoms with Crippen LogP contribution in [0.1, 0.15) is 5.56 Å². The maximum atomic E-state index is 12.2. The molecule has 0 saturated heterocycles. The third-order valence-corrected chi connectivity index (χ3v) is 5.57. The number of aromatic nitrogens is 1. The minimum Gasteiger partial charge on any atom is -0.456 e. The van der Waals surface area contributed by atoms with Crippen LogP contribution in [-0.4, -0.2) is 19.2 Å². The molecule has 6 heteroatoms. The molecule has 0 unspecified atom stereocenters. The van der Waals surface area contributed by atoms with Gasteiger partial charge in [-0.05, 0) is 36.2 Å². The lowest BCUT2D eigenvalue weighted by atomic mass is 10.1. The van der Waals surface area contributed by atoms with Crippen molar-refractivity contribution in [2.75, 3.05) is 10.5 Å². The number of anilines is 1. The van der Waals surface area contributed by atoms with Crippen molar-refractivity contribution in [1.82, 2.24) is 4.98 Å². The Morgan fingerprint density at radius 3 is 2.41 bits per heavy atom. The summed E-state index contributed by atoms with van der Waals surface area (Å²) in [7, 11) is -3.41. The lowest BCUT2D eigenvalue weighted by Crippen LogP contribution is -2.18. The molecule has 5 nitrogen and oxygen atoms in total. The van der Waals surface area contributed by atoms with Crippen LogP contribution in [-0.2, 0) is 16.4 Å². The van der Waals surface area contributed by atoms with Crippen LogP contribution in [0.25, 0.3) is 22.3 Å². The fourth-order valence-corrected chi connectivity index (χ4v) is 3.96. The van der Waals surface area contributed by atoms with Crippen molar-refractivity contribution in [2.45, 2.75) is 6.42 Å². The zero-order valence-electron chi connectivity index (χ0n) is 14.5. The minimum atomic E-state index is -3.41. The lowest BCUT2D eigenvalue weighted by Gasteiger charge is -2.08. The number of nitrogens with zero attached hydrogens (tertiary/aromatic N) is 1. The molecule has 0 radical (unpaired) electrons. The monoisotopic (exact) mass is 378 g/mol. The Balaban J connectivity index is 1.43. The molecule has 4 rings (SSSR count). The van der Waals surface area contributed by atoms with Gasteiger partial charge in [0.1, 0.15) is 11.3 Å². The molecule has 0 aliphatic carbocycles. The number of benzene rings is 2. The maximum Gasteiger partial charge on any atom is 0.233 e. The van der Waals surface area contributed by atoms with Crippen molar-refractivity contribution in [3.8, 4) is 11.3 Å². The molecule has 2 aromatic heterocycles. The molecular weight excluding hydrogens is 360 g/mol. The number of aryl methyl sites for hydroxylation is 1. The highest BCUT2D eigenvalue weighted by Crippen LogP contribution is 2.27. The maximum absolute atomic E-state index is 12.2. The third-order valence-electron chi connectivity index (χ3n) is 4.28. The van der Waals surface area contributed by atoms with Crippen LogP contribution >= 0.6 is 0 Å². The summed E-state index contributed by atoms with van der Waals surface area (Å²) in [5.74, 6) is 0.814. The lowest BCUT2D eigenvalue weighted by molar-refractivity contribution is 0.600. The second kappa shape index (κ2) is 7.25. The van der Waals surface area contributed by atoms with E-state index in [0.29, 0.717) is 12.1 Å². The van der Waals surface area contributed by atoms with E-state index in [9.17, 15) is 8.42 Å². The van der Waals surface area contributed by atoms with E-state index in [1.54, 1.807) is 24.5 Å². The van der Waals surface area contributed by atoms with Gasteiger partial charge in [-0.3, -0.25) is 9.71 Å². The summed E-state index contributed by atoms with van der Waals surface area (Å²) >= 11 is 0. The molecule has 0 atom stereocenters. The summed E-state index contributed by atoms with van der Waals surface area (Å²) in [6.45, 7) is 0. The summed E-state index contributed by atoms with van der Waals surface area (Å²) < 4.78 is 32.9. The summed E-state index contributed by atoms with van der Waals surface area (Å²) in [6.07, 6.45) is 3.53. The molecular formula is C21H18N2O3S. The van der Waals surface area contributed by atoms with Crippen molar-refractivity contribution in [3.63, 3.8) is 0 Å². The van der Waals surface area contributed by atoms with Gasteiger partial charge in [0.15, 0.2) is 0 Å². The van der Waals surface area contributed by atoms with Crippen molar-refractivity contribution in [2.24, 2.45) is 0 Å². The van der Waals surface area contributed by atoms with E-state index in [-0.39, 0.29) is 5.75 Å². The summed E-state index contributed by atoms with van der Waals surface area (Å²) in [4.78, 5) is 3.87. The van der Waals surface area contributed by atoms with Gasteiger partial charge in [0, 0.05) is 23.3 Å². The first-order valence-electron chi connectivity index (χ1n) is 8.57. The first-order valence-corrected chi connectivity index (χ1v) is 10.2. The third kappa shape index (κ3) is 4.17. The van der Waals surface area contributed by atoms with Crippen LogP contribution in [0.4, 0.5) is 5.69 Å². The molecule has 1 N–H and O–H groups in total. The van der Waals surface area contributed by atoms with E-state index >= 15 is 0 Å². The second-order valence-corrected chi connectivity index (χ2v) is 8.09. The molecule has 0 aliphatic heterocycles. The number of pyridine rings is 1. The fraction of sp³-hybridized carbons (Fsp3) is 0.0952. The average Bonchev–Trinajstić information content (AvgIpc) is 3.12. The van der Waals surface area contributed by atoms with Gasteiger partial charge in [0.25, 0.3) is 0 Å². The van der Waals surface area contributed by atoms with Gasteiger partial charge in [-0.1, -0.05) is 42.5 Å². The van der Waals surface area contributed by atoms with Gasteiger partial charge in [-0.15, -0.1) is 0 Å². The first kappa shape index (κ1) is 17.3. The van der Waals surface area contributed by atoms with E-state index in [4.69, 9.17) is 4.42 Å². The SMILES string of the molecule is O=S(=O)(CCc1ccc(-c2cc3ccccc3o2)cc1)Nc1ccncc1. The smallest absolute Gasteiger partial charge is 0.233 e. The molecule has 0 aliphatic rings. The van der Waals surface area contributed by atoms with Gasteiger partial charge < -0.3 is 4.42 Å². The Morgan fingerprint density at radius 2 is 1.67 bits per heavy atom. The Labute approximate surface area is 157 Å². The van der Waals surface area contributed by atoms with Crippen LogP contribution in [0, 0.1) is 0 Å². The molecule has 2 aromatic carbocycles. The molecule has 0 saturated carbocycles. The molecule has 27 heavy (non-hydrogen) atoms. The fourth-order valence-electron chi connectivity index (χ4n) is 2.86. The van der Waals surface area contributed by atoms with E-state index in [0.717, 1.165) is 27.9 Å². The molecule has 4 aromatic rings. The molecule has 0 bridgehead atoms. The molecule has 0 amide bonds. The van der Waals surface area contributed by atoms with Crippen molar-refractivity contribution in [1.29, 1.82) is 0 Å². The van der Waals surface area contributed by atoms with Gasteiger partial charge in [0.05, 0.1) is 11.4 Å². The van der Waals surface area contributed by atoms with Crippen LogP contribution in [0.5, 0.6) is 0 Å². The quantitative estimate of drug-likeness (QED) is 0.537. The van der Waals surface area contributed by atoms with Gasteiger partial charge >= 0.3 is 0 Å². The molecule has 0 spiro atoms. The number of rotatable bonds is 6. The van der Waals surface area contributed by atoms with Crippen LogP contribution in [0.15, 0.2) is 83.5 Å². The standard InChI is InChI=1S/C21H18N2O3S/c24-27(25,23-19-9-12-22-13-10-19)14-11-16-5-7-17(8-6-16)21-15-18-3-1-2-4-20(18)26-21/h1-10,12-13,15H,11,14H2,(H,22,23). The average molecular weight is 378 g/mol. The number of hydrogen-bond donors (Lipinski definition) is 1. The van der Waals surface area contributed by atoms with Crippen LogP contribution in [0.2, 0.25) is 0 Å². The van der Waals surface area contributed by atoms with E-state index in [1.807, 2.05) is 54.6 Å². The Hall–Kier alpha value is -3.12. The highest BCUT2D eigenvalue weighted by molar-refractivity contribution is 7.92. The number of nitrogens with one attached hydrogen (secondary N) is 1. The minimum absolute atomic E-state index is 0.0132. The summed E-state index contributed by atoms with van der Waals surface area (Å²) in [5.41, 5.74) is 3.29. The van der Waals surface area contributed by atoms with E-state index in [2.05, 4.69) is 9.71 Å². The highest BCUT2D eigenvalue weighted by Gasteiger charge is 2.11. The summed E-state index contributed by atoms with van der Waals surface area (Å²) in [5, 5.41) is 1.06. The van der Waals surface area contributed by atoms with Gasteiger partial charge in [0.2, 0.25) is 10.0 Å². The Morgan fingerprint density at radius 1 is 0.926 bits per heavy atom. The van der Waals surface area contributed by atoms with E-state index < -0.39 is 10.0 Å². The predicted molar refractivity (Wildman–Crippen MR) is 107 cm³/mol. The largest absolute Gasteiger partial charge is 0.456 e. The predicted octanol–water partition coefficient (Wildman–Crippen LogP) is 4.48. The zero-order valence-corrected chi connectivity index (χ0v) is 15.3. The van der Waals surface area contributed by atoms with Crippen LogP contribution < -0.4 is 4.72 Å². The molecule has 0 fully saturated rings. The number of fused-ring (bicyclic) bond motifs is 1. The number of sulfonamides is 1. The van der Waals surface area contributed by atoms with E-state index in [1.165, 1.54) is 0 Å². The van der Waals surface area contributed by atoms with Crippen molar-refractivity contribution >= 4 is 26.7 Å². The summed E-state index contributed by atoms with van der Waals surface area (Å²) in [6, 6.07) is 20.9. The van der Waals surface area contributed by atoms with Crippen molar-refractivity contribution < 1.29 is 12.8 Å². The normalized spacial score (nSPS) is 11.6. The van der Waals surface area contributed by atoms with Crippen LogP contribution in [0.3, 0.4) is 0 Å². The first-order chi connectivity index (χ1) is 13.1. The number of furan rings is 1. The topological polar surface area (TPSA) is 72.2 Å². The Kier molecular flexibility index (Phi) is 4.64. The number of hydrogen-bond acceptors (Lipinski definition) is 4. The van der Waals surface area contributed by atoms with Gasteiger partial charge in [-0.2, -0.15) is 0 Å². The number of para-hydroxylation sites is 1. The Bertz CT molecular complexity index is 1120. The van der Waals surface area contributed by atoms with Crippen molar-refractivity contribution in [3.05, 3.63) is 84.7 Å².